The molecule has 0 radical (unpaired) electrons. The Morgan fingerprint density at radius 1 is 1.22 bits per heavy atom. The molecule has 1 saturated heterocycles. The predicted molar refractivity (Wildman–Crippen MR) is 100 cm³/mol. The van der Waals surface area contributed by atoms with Gasteiger partial charge >= 0.3 is 0 Å². The van der Waals surface area contributed by atoms with Crippen LogP contribution in [0.1, 0.15) is 12.8 Å². The second-order valence-electron chi connectivity index (χ2n) is 5.89. The van der Waals surface area contributed by atoms with E-state index in [1.54, 1.807) is 47.4 Å². The second-order valence-corrected chi connectivity index (χ2v) is 6.95. The Hall–Kier alpha value is -2.61. The van der Waals surface area contributed by atoms with Crippen LogP contribution in [0.3, 0.4) is 0 Å². The molecule has 3 rings (SSSR count). The van der Waals surface area contributed by atoms with E-state index >= 15 is 0 Å². The number of halogens is 2. The summed E-state index contributed by atoms with van der Waals surface area (Å²) in [7, 11) is 0. The third-order valence-corrected chi connectivity index (χ3v) is 4.64. The summed E-state index contributed by atoms with van der Waals surface area (Å²) in [5.74, 6) is -2.30. The number of ether oxygens (including phenoxy) is 1. The van der Waals surface area contributed by atoms with E-state index in [4.69, 9.17) is 4.74 Å². The van der Waals surface area contributed by atoms with E-state index in [2.05, 4.69) is 5.32 Å². The maximum absolute atomic E-state index is 12.4. The van der Waals surface area contributed by atoms with Crippen molar-refractivity contribution in [3.63, 3.8) is 0 Å². The maximum atomic E-state index is 12.4. The van der Waals surface area contributed by atoms with Gasteiger partial charge in [-0.1, -0.05) is 17.8 Å². The van der Waals surface area contributed by atoms with Gasteiger partial charge in [-0.2, -0.15) is 8.78 Å². The first kappa shape index (κ1) is 19.2. The van der Waals surface area contributed by atoms with Crippen molar-refractivity contribution in [2.24, 2.45) is 0 Å². The minimum absolute atomic E-state index is 0.107. The monoisotopic (exact) mass is 392 g/mol. The molecular formula is C19H18F2N2O3S. The Morgan fingerprint density at radius 3 is 2.67 bits per heavy atom. The van der Waals surface area contributed by atoms with Crippen LogP contribution in [-0.4, -0.2) is 30.7 Å². The zero-order valence-electron chi connectivity index (χ0n) is 14.4. The van der Waals surface area contributed by atoms with Crippen molar-refractivity contribution in [2.45, 2.75) is 23.5 Å². The normalized spacial score (nSPS) is 13.9. The lowest BCUT2D eigenvalue weighted by atomic mass is 10.3. The van der Waals surface area contributed by atoms with Gasteiger partial charge in [0.15, 0.2) is 6.61 Å². The molecule has 8 heteroatoms. The molecule has 27 heavy (non-hydrogen) atoms. The summed E-state index contributed by atoms with van der Waals surface area (Å²) in [5, 5.41) is 2.61. The molecule has 0 bridgehead atoms. The van der Waals surface area contributed by atoms with E-state index in [9.17, 15) is 18.4 Å². The summed E-state index contributed by atoms with van der Waals surface area (Å²) in [4.78, 5) is 25.8. The van der Waals surface area contributed by atoms with Crippen molar-refractivity contribution in [3.05, 3.63) is 48.5 Å². The first-order valence-corrected chi connectivity index (χ1v) is 9.27. The maximum Gasteiger partial charge on any atom is 0.288 e. The third kappa shape index (κ3) is 5.43. The number of amides is 2. The van der Waals surface area contributed by atoms with Crippen molar-refractivity contribution >= 4 is 35.0 Å². The molecule has 1 N–H and O–H groups in total. The molecule has 0 saturated carbocycles. The number of rotatable bonds is 7. The molecule has 2 aromatic carbocycles. The van der Waals surface area contributed by atoms with Gasteiger partial charge in [-0.15, -0.1) is 0 Å². The van der Waals surface area contributed by atoms with Crippen LogP contribution >= 0.6 is 11.8 Å². The van der Waals surface area contributed by atoms with Crippen LogP contribution in [0.25, 0.3) is 0 Å². The van der Waals surface area contributed by atoms with Gasteiger partial charge in [0.25, 0.3) is 11.7 Å². The highest BCUT2D eigenvalue weighted by Crippen LogP contribution is 2.27. The number of alkyl halides is 2. The molecule has 0 aliphatic carbocycles. The number of hydrogen-bond donors (Lipinski definition) is 1. The fraction of sp³-hybridized carbons (Fsp3) is 0.263. The van der Waals surface area contributed by atoms with Gasteiger partial charge in [-0.3, -0.25) is 9.59 Å². The van der Waals surface area contributed by atoms with E-state index < -0.39 is 11.7 Å². The Labute approximate surface area is 159 Å². The Bertz CT molecular complexity index is 815. The topological polar surface area (TPSA) is 58.6 Å². The molecule has 2 amide bonds. The SMILES string of the molecule is O=C(COc1ccc(N2CCCC2=O)cc1)Nc1cccc(SC(F)F)c1. The number of carbonyl (C=O) groups is 2. The van der Waals surface area contributed by atoms with Crippen LogP contribution in [0.15, 0.2) is 53.4 Å². The van der Waals surface area contributed by atoms with Crippen molar-refractivity contribution < 1.29 is 23.1 Å². The van der Waals surface area contributed by atoms with Crippen molar-refractivity contribution in [1.29, 1.82) is 0 Å². The molecule has 2 aromatic rings. The molecule has 0 spiro atoms. The van der Waals surface area contributed by atoms with Gasteiger partial charge in [-0.05, 0) is 48.9 Å². The molecule has 0 unspecified atom stereocenters. The van der Waals surface area contributed by atoms with Gasteiger partial charge < -0.3 is 15.0 Å². The summed E-state index contributed by atoms with van der Waals surface area (Å²) >= 11 is 0.418. The lowest BCUT2D eigenvalue weighted by molar-refractivity contribution is -0.118. The zero-order valence-corrected chi connectivity index (χ0v) is 15.2. The molecule has 1 aliphatic rings. The minimum Gasteiger partial charge on any atom is -0.484 e. The molecule has 1 aliphatic heterocycles. The fourth-order valence-corrected chi connectivity index (χ4v) is 3.30. The second kappa shape index (κ2) is 8.85. The van der Waals surface area contributed by atoms with Crippen LogP contribution in [0.5, 0.6) is 5.75 Å². The highest BCUT2D eigenvalue weighted by Gasteiger charge is 2.21. The molecule has 0 atom stereocenters. The summed E-state index contributed by atoms with van der Waals surface area (Å²) < 4.78 is 30.3. The molecule has 0 aromatic heterocycles. The number of hydrogen-bond acceptors (Lipinski definition) is 4. The summed E-state index contributed by atoms with van der Waals surface area (Å²) in [5.41, 5.74) is 1.24. The Morgan fingerprint density at radius 2 is 2.00 bits per heavy atom. The lowest BCUT2D eigenvalue weighted by Crippen LogP contribution is -2.23. The van der Waals surface area contributed by atoms with Crippen molar-refractivity contribution in [1.82, 2.24) is 0 Å². The Balaban J connectivity index is 1.51. The number of anilines is 2. The van der Waals surface area contributed by atoms with Gasteiger partial charge in [0.05, 0.1) is 0 Å². The number of thioether (sulfide) groups is 1. The van der Waals surface area contributed by atoms with E-state index in [1.165, 1.54) is 6.07 Å². The first-order chi connectivity index (χ1) is 13.0. The lowest BCUT2D eigenvalue weighted by Gasteiger charge is -2.16. The quantitative estimate of drug-likeness (QED) is 0.720. The minimum atomic E-state index is -2.52. The number of carbonyl (C=O) groups excluding carboxylic acids is 2. The summed E-state index contributed by atoms with van der Waals surface area (Å²) in [6.07, 6.45) is 1.42. The number of nitrogens with one attached hydrogen (secondary N) is 1. The van der Waals surface area contributed by atoms with E-state index in [0.717, 1.165) is 12.1 Å². The average molecular weight is 392 g/mol. The van der Waals surface area contributed by atoms with Gasteiger partial charge in [0.1, 0.15) is 5.75 Å². The zero-order chi connectivity index (χ0) is 19.2. The van der Waals surface area contributed by atoms with Crippen molar-refractivity contribution in [3.8, 4) is 5.75 Å². The molecule has 1 fully saturated rings. The molecule has 142 valence electrons. The van der Waals surface area contributed by atoms with Gasteiger partial charge in [-0.25, -0.2) is 0 Å². The predicted octanol–water partition coefficient (Wildman–Crippen LogP) is 4.15. The highest BCUT2D eigenvalue weighted by atomic mass is 32.2. The third-order valence-electron chi connectivity index (χ3n) is 3.93. The smallest absolute Gasteiger partial charge is 0.288 e. The standard InChI is InChI=1S/C19H18F2N2O3S/c20-19(21)27-16-4-1-3-13(11-16)22-17(24)12-26-15-8-6-14(7-9-15)23-10-2-5-18(23)25/h1,3-4,6-9,11,19H,2,5,10,12H2,(H,22,24). The number of nitrogens with zero attached hydrogens (tertiary/aromatic N) is 1. The van der Waals surface area contributed by atoms with E-state index in [-0.39, 0.29) is 12.5 Å². The van der Waals surface area contributed by atoms with E-state index in [1.807, 2.05) is 0 Å². The highest BCUT2D eigenvalue weighted by molar-refractivity contribution is 7.99. The first-order valence-electron chi connectivity index (χ1n) is 8.39. The summed E-state index contributed by atoms with van der Waals surface area (Å²) in [6.45, 7) is 0.499. The Kier molecular flexibility index (Phi) is 6.28. The fourth-order valence-electron chi connectivity index (χ4n) is 2.74. The van der Waals surface area contributed by atoms with Gasteiger partial charge in [0, 0.05) is 29.2 Å². The van der Waals surface area contributed by atoms with Crippen molar-refractivity contribution in [2.75, 3.05) is 23.4 Å². The number of benzene rings is 2. The van der Waals surface area contributed by atoms with Crippen LogP contribution < -0.4 is 15.0 Å². The van der Waals surface area contributed by atoms with Crippen LogP contribution in [0, 0.1) is 0 Å². The molecule has 1 heterocycles. The summed E-state index contributed by atoms with van der Waals surface area (Å²) in [6, 6.07) is 13.2. The molecule has 5 nitrogen and oxygen atoms in total. The molecular weight excluding hydrogens is 374 g/mol. The largest absolute Gasteiger partial charge is 0.484 e. The van der Waals surface area contributed by atoms with E-state index in [0.29, 0.717) is 41.1 Å². The van der Waals surface area contributed by atoms with Crippen LogP contribution in [-0.2, 0) is 9.59 Å². The van der Waals surface area contributed by atoms with Gasteiger partial charge in [0.2, 0.25) is 5.91 Å². The van der Waals surface area contributed by atoms with Crippen LogP contribution in [0.4, 0.5) is 20.2 Å². The average Bonchev–Trinajstić information content (AvgIpc) is 3.06. The van der Waals surface area contributed by atoms with Crippen LogP contribution in [0.2, 0.25) is 0 Å².